The van der Waals surface area contributed by atoms with E-state index in [2.05, 4.69) is 16.0 Å². The summed E-state index contributed by atoms with van der Waals surface area (Å²) in [6.45, 7) is 4.86. The Bertz CT molecular complexity index is 699. The van der Waals surface area contributed by atoms with Gasteiger partial charge in [-0.2, -0.15) is 0 Å². The van der Waals surface area contributed by atoms with Gasteiger partial charge in [-0.25, -0.2) is 4.79 Å². The van der Waals surface area contributed by atoms with Crippen LogP contribution in [-0.4, -0.2) is 24.5 Å². The lowest BCUT2D eigenvalue weighted by Gasteiger charge is -2.10. The number of urea groups is 1. The van der Waals surface area contributed by atoms with Crippen LogP contribution in [0.1, 0.15) is 31.6 Å². The zero-order chi connectivity index (χ0) is 18.8. The maximum absolute atomic E-state index is 11.9. The van der Waals surface area contributed by atoms with Crippen LogP contribution in [0.15, 0.2) is 47.1 Å². The summed E-state index contributed by atoms with van der Waals surface area (Å²) < 4.78 is 10.8. The minimum Gasteiger partial charge on any atom is -0.467 e. The molecule has 1 aromatic heterocycles. The lowest BCUT2D eigenvalue weighted by molar-refractivity contribution is -0.121. The second kappa shape index (κ2) is 10.2. The zero-order valence-corrected chi connectivity index (χ0v) is 15.1. The first-order chi connectivity index (χ1) is 12.5. The molecule has 7 nitrogen and oxygen atoms in total. The minimum absolute atomic E-state index is 0.0870. The molecule has 2 aromatic rings. The summed E-state index contributed by atoms with van der Waals surface area (Å²) >= 11 is 0. The summed E-state index contributed by atoms with van der Waals surface area (Å²) in [6.07, 6.45) is 1.85. The first kappa shape index (κ1) is 19.5. The molecule has 2 rings (SSSR count). The van der Waals surface area contributed by atoms with Crippen molar-refractivity contribution < 1.29 is 18.7 Å². The van der Waals surface area contributed by atoms with Crippen molar-refractivity contribution in [3.8, 4) is 0 Å². The molecule has 7 heteroatoms. The van der Waals surface area contributed by atoms with Crippen molar-refractivity contribution in [2.24, 2.45) is 0 Å². The Kier molecular flexibility index (Phi) is 7.70. The van der Waals surface area contributed by atoms with Gasteiger partial charge in [0, 0.05) is 24.7 Å². The van der Waals surface area contributed by atoms with Gasteiger partial charge in [0.15, 0.2) is 0 Å². The molecule has 0 radical (unpaired) electrons. The van der Waals surface area contributed by atoms with Gasteiger partial charge in [0.05, 0.1) is 12.9 Å². The molecule has 1 aromatic carbocycles. The van der Waals surface area contributed by atoms with Crippen molar-refractivity contribution in [2.75, 3.05) is 11.9 Å². The molecule has 0 saturated heterocycles. The number of furan rings is 1. The fraction of sp³-hybridized carbons (Fsp3) is 0.368. The monoisotopic (exact) mass is 359 g/mol. The lowest BCUT2D eigenvalue weighted by atomic mass is 10.2. The van der Waals surface area contributed by atoms with Gasteiger partial charge in [0.25, 0.3) is 0 Å². The number of nitrogens with one attached hydrogen (secondary N) is 3. The van der Waals surface area contributed by atoms with Crippen molar-refractivity contribution in [2.45, 2.75) is 39.5 Å². The highest BCUT2D eigenvalue weighted by molar-refractivity contribution is 5.89. The van der Waals surface area contributed by atoms with E-state index in [-0.39, 0.29) is 30.9 Å². The average Bonchev–Trinajstić information content (AvgIpc) is 3.08. The van der Waals surface area contributed by atoms with Gasteiger partial charge in [-0.05, 0) is 43.7 Å². The molecular formula is C19H25N3O4. The van der Waals surface area contributed by atoms with Crippen molar-refractivity contribution >= 4 is 17.6 Å². The number of amides is 3. The van der Waals surface area contributed by atoms with Crippen LogP contribution in [0.4, 0.5) is 10.5 Å². The molecule has 0 fully saturated rings. The zero-order valence-electron chi connectivity index (χ0n) is 15.1. The van der Waals surface area contributed by atoms with Gasteiger partial charge in [0.1, 0.15) is 12.4 Å². The number of rotatable bonds is 9. The van der Waals surface area contributed by atoms with Crippen molar-refractivity contribution in [1.82, 2.24) is 10.6 Å². The van der Waals surface area contributed by atoms with E-state index in [1.54, 1.807) is 12.3 Å². The summed E-state index contributed by atoms with van der Waals surface area (Å²) in [5, 5.41) is 8.18. The molecule has 1 heterocycles. The Morgan fingerprint density at radius 2 is 2.00 bits per heavy atom. The number of anilines is 1. The van der Waals surface area contributed by atoms with E-state index >= 15 is 0 Å². The van der Waals surface area contributed by atoms with Crippen LogP contribution in [0, 0.1) is 0 Å². The van der Waals surface area contributed by atoms with Crippen LogP contribution in [0.3, 0.4) is 0 Å². The van der Waals surface area contributed by atoms with E-state index in [4.69, 9.17) is 9.15 Å². The molecule has 0 aliphatic heterocycles. The van der Waals surface area contributed by atoms with Gasteiger partial charge in [-0.15, -0.1) is 0 Å². The van der Waals surface area contributed by atoms with E-state index < -0.39 is 0 Å². The highest BCUT2D eigenvalue weighted by Crippen LogP contribution is 2.12. The Labute approximate surface area is 153 Å². The Balaban J connectivity index is 1.71. The standard InChI is InChI=1S/C19H25N3O4/c1-14(2)21-18(23)8-9-20-19(24)22-16-6-3-5-15(11-16)12-25-13-17-7-4-10-26-17/h3-7,10-11,14H,8-9,12-13H2,1-2H3,(H,21,23)(H2,20,22,24). The summed E-state index contributed by atoms with van der Waals surface area (Å²) in [6, 6.07) is 10.8. The number of carbonyl (C=O) groups is 2. The Hall–Kier alpha value is -2.80. The van der Waals surface area contributed by atoms with Gasteiger partial charge in [-0.1, -0.05) is 12.1 Å². The smallest absolute Gasteiger partial charge is 0.319 e. The molecule has 0 aliphatic rings. The summed E-state index contributed by atoms with van der Waals surface area (Å²) in [5.41, 5.74) is 1.60. The Morgan fingerprint density at radius 1 is 1.15 bits per heavy atom. The first-order valence-corrected chi connectivity index (χ1v) is 8.56. The van der Waals surface area contributed by atoms with Gasteiger partial charge < -0.3 is 25.1 Å². The third-order valence-electron chi connectivity index (χ3n) is 3.37. The van der Waals surface area contributed by atoms with Gasteiger partial charge in [-0.3, -0.25) is 4.79 Å². The van der Waals surface area contributed by atoms with E-state index in [1.807, 2.05) is 44.2 Å². The fourth-order valence-corrected chi connectivity index (χ4v) is 2.26. The van der Waals surface area contributed by atoms with E-state index in [0.29, 0.717) is 18.9 Å². The molecule has 0 saturated carbocycles. The van der Waals surface area contributed by atoms with E-state index in [0.717, 1.165) is 11.3 Å². The van der Waals surface area contributed by atoms with Crippen LogP contribution in [0.2, 0.25) is 0 Å². The maximum Gasteiger partial charge on any atom is 0.319 e. The summed E-state index contributed by atoms with van der Waals surface area (Å²) in [4.78, 5) is 23.4. The minimum atomic E-state index is -0.351. The van der Waals surface area contributed by atoms with Gasteiger partial charge in [0.2, 0.25) is 5.91 Å². The Morgan fingerprint density at radius 3 is 2.73 bits per heavy atom. The van der Waals surface area contributed by atoms with Crippen molar-refractivity contribution in [3.63, 3.8) is 0 Å². The SMILES string of the molecule is CC(C)NC(=O)CCNC(=O)Nc1cccc(COCc2ccco2)c1. The lowest BCUT2D eigenvalue weighted by Crippen LogP contribution is -2.35. The van der Waals surface area contributed by atoms with Gasteiger partial charge >= 0.3 is 6.03 Å². The maximum atomic E-state index is 11.9. The number of hydrogen-bond donors (Lipinski definition) is 3. The predicted molar refractivity (Wildman–Crippen MR) is 98.6 cm³/mol. The van der Waals surface area contributed by atoms with Crippen LogP contribution in [-0.2, 0) is 22.7 Å². The van der Waals surface area contributed by atoms with Crippen LogP contribution in [0.25, 0.3) is 0 Å². The van der Waals surface area contributed by atoms with Crippen LogP contribution >= 0.6 is 0 Å². The molecule has 0 spiro atoms. The normalized spacial score (nSPS) is 10.6. The number of carbonyl (C=O) groups excluding carboxylic acids is 2. The van der Waals surface area contributed by atoms with E-state index in [1.165, 1.54) is 0 Å². The van der Waals surface area contributed by atoms with E-state index in [9.17, 15) is 9.59 Å². The number of ether oxygens (including phenoxy) is 1. The molecular weight excluding hydrogens is 334 g/mol. The second-order valence-electron chi connectivity index (χ2n) is 6.13. The quantitative estimate of drug-likeness (QED) is 0.642. The molecule has 0 bridgehead atoms. The van der Waals surface area contributed by atoms with Crippen LogP contribution in [0.5, 0.6) is 0 Å². The van der Waals surface area contributed by atoms with Crippen LogP contribution < -0.4 is 16.0 Å². The number of hydrogen-bond acceptors (Lipinski definition) is 4. The highest BCUT2D eigenvalue weighted by Gasteiger charge is 2.06. The average molecular weight is 359 g/mol. The fourth-order valence-electron chi connectivity index (χ4n) is 2.26. The molecule has 3 N–H and O–H groups in total. The topological polar surface area (TPSA) is 92.6 Å². The highest BCUT2D eigenvalue weighted by atomic mass is 16.5. The first-order valence-electron chi connectivity index (χ1n) is 8.56. The number of benzene rings is 1. The summed E-state index contributed by atoms with van der Waals surface area (Å²) in [5.74, 6) is 0.677. The molecule has 0 atom stereocenters. The molecule has 3 amide bonds. The second-order valence-corrected chi connectivity index (χ2v) is 6.13. The molecule has 0 unspecified atom stereocenters. The largest absolute Gasteiger partial charge is 0.467 e. The van der Waals surface area contributed by atoms with Crippen molar-refractivity contribution in [1.29, 1.82) is 0 Å². The third-order valence-corrected chi connectivity index (χ3v) is 3.37. The third kappa shape index (κ3) is 7.40. The summed E-state index contributed by atoms with van der Waals surface area (Å²) in [7, 11) is 0. The van der Waals surface area contributed by atoms with Crippen molar-refractivity contribution in [3.05, 3.63) is 54.0 Å². The molecule has 0 aliphatic carbocycles. The molecule has 26 heavy (non-hydrogen) atoms. The molecule has 140 valence electrons. The predicted octanol–water partition coefficient (Wildman–Crippen LogP) is 3.03.